The molecule has 0 radical (unpaired) electrons. The van der Waals surface area contributed by atoms with Crippen LogP contribution in [0.25, 0.3) is 0 Å². The van der Waals surface area contributed by atoms with Crippen LogP contribution in [-0.2, 0) is 21.3 Å². The van der Waals surface area contributed by atoms with E-state index in [-0.39, 0.29) is 42.9 Å². The summed E-state index contributed by atoms with van der Waals surface area (Å²) in [5.74, 6) is 1.45. The first-order chi connectivity index (χ1) is 17.7. The Labute approximate surface area is 214 Å². The van der Waals surface area contributed by atoms with Crippen molar-refractivity contribution in [3.8, 4) is 28.7 Å². The van der Waals surface area contributed by atoms with Crippen LogP contribution in [0.3, 0.4) is 0 Å². The minimum atomic E-state index is -4.05. The number of carbonyl (C=O) groups is 1. The van der Waals surface area contributed by atoms with E-state index in [1.54, 1.807) is 19.2 Å². The average molecular weight is 536 g/mol. The Hall–Kier alpha value is -3.22. The molecule has 2 atom stereocenters. The van der Waals surface area contributed by atoms with E-state index in [0.29, 0.717) is 35.0 Å². The minimum absolute atomic E-state index is 0.112. The molecule has 3 heterocycles. The van der Waals surface area contributed by atoms with E-state index in [9.17, 15) is 13.2 Å². The molecular weight excluding hydrogens is 506 g/mol. The molecule has 12 heteroatoms. The highest BCUT2D eigenvalue weighted by atomic mass is 32.2. The first-order valence-electron chi connectivity index (χ1n) is 11.9. The topological polar surface area (TPSA) is 130 Å². The second-order valence-corrected chi connectivity index (χ2v) is 10.7. The van der Waals surface area contributed by atoms with Crippen LogP contribution < -0.4 is 23.7 Å². The molecule has 0 aliphatic carbocycles. The average Bonchev–Trinajstić information content (AvgIpc) is 3.46. The molecule has 0 amide bonds. The summed E-state index contributed by atoms with van der Waals surface area (Å²) >= 11 is 0. The molecule has 3 aliphatic rings. The Kier molecular flexibility index (Phi) is 6.82. The largest absolute Gasteiger partial charge is 0.493 e. The lowest BCUT2D eigenvalue weighted by Gasteiger charge is -2.38. The van der Waals surface area contributed by atoms with Gasteiger partial charge in [0.05, 0.1) is 32.6 Å². The summed E-state index contributed by atoms with van der Waals surface area (Å²) in [5.41, 5.74) is 2.86. The molecule has 2 aromatic rings. The number of fused-ring (bicyclic) bond motifs is 3. The van der Waals surface area contributed by atoms with Crippen LogP contribution in [0.1, 0.15) is 52.0 Å². The summed E-state index contributed by atoms with van der Waals surface area (Å²) in [7, 11) is 0.982. The Morgan fingerprint density at radius 1 is 1.14 bits per heavy atom. The lowest BCUT2D eigenvalue weighted by atomic mass is 9.85. The number of rotatable bonds is 9. The molecule has 0 bridgehead atoms. The van der Waals surface area contributed by atoms with Crippen molar-refractivity contribution in [2.75, 3.05) is 47.0 Å². The third-order valence-corrected chi connectivity index (χ3v) is 7.70. The van der Waals surface area contributed by atoms with Gasteiger partial charge in [-0.25, -0.2) is 4.79 Å². The molecular formula is C25H29NO10S. The third-order valence-electron chi connectivity index (χ3n) is 6.90. The lowest BCUT2D eigenvalue weighted by Crippen LogP contribution is -2.36. The van der Waals surface area contributed by atoms with E-state index in [0.717, 1.165) is 24.1 Å². The van der Waals surface area contributed by atoms with E-state index in [1.165, 1.54) is 7.11 Å². The Bertz CT molecular complexity index is 1330. The first kappa shape index (κ1) is 25.4. The summed E-state index contributed by atoms with van der Waals surface area (Å²) in [5, 5.41) is 0. The number of esters is 1. The molecule has 200 valence electrons. The predicted molar refractivity (Wildman–Crippen MR) is 130 cm³/mol. The second-order valence-electron chi connectivity index (χ2n) is 9.12. The maximum atomic E-state index is 13.2. The van der Waals surface area contributed by atoms with Crippen molar-refractivity contribution in [3.63, 3.8) is 0 Å². The molecule has 0 spiro atoms. The fourth-order valence-corrected chi connectivity index (χ4v) is 5.78. The number of methoxy groups -OCH3 is 2. The highest BCUT2D eigenvalue weighted by Crippen LogP contribution is 2.55. The van der Waals surface area contributed by atoms with Crippen molar-refractivity contribution in [3.05, 3.63) is 40.5 Å². The smallest absolute Gasteiger partial charge is 0.343 e. The van der Waals surface area contributed by atoms with Gasteiger partial charge in [0.15, 0.2) is 23.0 Å². The quantitative estimate of drug-likeness (QED) is 0.289. The molecule has 0 saturated heterocycles. The van der Waals surface area contributed by atoms with Crippen molar-refractivity contribution in [2.45, 2.75) is 31.4 Å². The van der Waals surface area contributed by atoms with Crippen LogP contribution in [0.5, 0.6) is 28.7 Å². The van der Waals surface area contributed by atoms with Gasteiger partial charge in [-0.3, -0.25) is 9.45 Å². The summed E-state index contributed by atoms with van der Waals surface area (Å²) < 4.78 is 65.3. The molecule has 3 aliphatic heterocycles. The molecule has 0 saturated carbocycles. The van der Waals surface area contributed by atoms with Crippen LogP contribution in [0, 0.1) is 0 Å². The van der Waals surface area contributed by atoms with Gasteiger partial charge in [0.1, 0.15) is 11.7 Å². The monoisotopic (exact) mass is 535 g/mol. The molecule has 11 nitrogen and oxygen atoms in total. The maximum Gasteiger partial charge on any atom is 0.343 e. The number of benzene rings is 2. The molecule has 2 aromatic carbocycles. The molecule has 0 aromatic heterocycles. The standard InChI is InChI=1S/C25H29NO10S/c1-26-9-8-14-12-17-23(35-13-34-17)24(32-3)18(14)20(26)21-15-6-7-16(31-2)22(19(15)25(27)36-21)33-10-4-5-11-37(28,29)30/h6-7,12,20-21H,4-5,8-11,13H2,1-3H3,(H,28,29,30)/t20-,21+/m1/s1. The van der Waals surface area contributed by atoms with Crippen LogP contribution in [0.4, 0.5) is 0 Å². The van der Waals surface area contributed by atoms with Gasteiger partial charge < -0.3 is 28.4 Å². The third kappa shape index (κ3) is 4.64. The summed E-state index contributed by atoms with van der Waals surface area (Å²) in [6, 6.07) is 5.14. The molecule has 37 heavy (non-hydrogen) atoms. The number of unbranched alkanes of at least 4 members (excludes halogenated alkanes) is 1. The summed E-state index contributed by atoms with van der Waals surface area (Å²) in [6.07, 6.45) is 0.689. The summed E-state index contributed by atoms with van der Waals surface area (Å²) in [4.78, 5) is 15.3. The van der Waals surface area contributed by atoms with Crippen molar-refractivity contribution in [2.24, 2.45) is 0 Å². The van der Waals surface area contributed by atoms with Gasteiger partial charge in [0.2, 0.25) is 12.5 Å². The van der Waals surface area contributed by atoms with E-state index < -0.39 is 22.2 Å². The molecule has 0 unspecified atom stereocenters. The molecule has 1 N–H and O–H groups in total. The maximum absolute atomic E-state index is 13.2. The SMILES string of the molecule is COc1ccc2c(c1OCCCCS(=O)(=O)O)C(=O)O[C@@H]2[C@H]1c2c(cc3c(c2OC)OCO3)CCN1C. The number of nitrogens with zero attached hydrogens (tertiary/aromatic N) is 1. The van der Waals surface area contributed by atoms with Crippen LogP contribution in [0.15, 0.2) is 18.2 Å². The van der Waals surface area contributed by atoms with Gasteiger partial charge >= 0.3 is 5.97 Å². The Balaban J connectivity index is 1.50. The summed E-state index contributed by atoms with van der Waals surface area (Å²) in [6.45, 7) is 0.974. The highest BCUT2D eigenvalue weighted by molar-refractivity contribution is 7.85. The number of hydrogen-bond acceptors (Lipinski definition) is 10. The highest BCUT2D eigenvalue weighted by Gasteiger charge is 2.46. The predicted octanol–water partition coefficient (Wildman–Crippen LogP) is 2.92. The Morgan fingerprint density at radius 2 is 1.95 bits per heavy atom. The number of likely N-dealkylation sites (N-methyl/N-ethyl adjacent to an activating group) is 1. The van der Waals surface area contributed by atoms with Gasteiger partial charge in [-0.2, -0.15) is 8.42 Å². The van der Waals surface area contributed by atoms with Crippen LogP contribution in [0.2, 0.25) is 0 Å². The molecule has 0 fully saturated rings. The van der Waals surface area contributed by atoms with E-state index >= 15 is 0 Å². The van der Waals surface area contributed by atoms with Gasteiger partial charge in [-0.05, 0) is 44.0 Å². The van der Waals surface area contributed by atoms with Crippen molar-refractivity contribution in [1.29, 1.82) is 0 Å². The van der Waals surface area contributed by atoms with E-state index in [1.807, 2.05) is 13.1 Å². The number of cyclic esters (lactones) is 1. The number of hydrogen-bond donors (Lipinski definition) is 1. The normalized spacial score (nSPS) is 20.3. The van der Waals surface area contributed by atoms with E-state index in [4.69, 9.17) is 33.0 Å². The van der Waals surface area contributed by atoms with Crippen molar-refractivity contribution < 1.29 is 46.2 Å². The second kappa shape index (κ2) is 9.92. The van der Waals surface area contributed by atoms with Gasteiger partial charge in [-0.15, -0.1) is 0 Å². The first-order valence-corrected chi connectivity index (χ1v) is 13.5. The van der Waals surface area contributed by atoms with Crippen LogP contribution in [-0.4, -0.2) is 70.8 Å². The fraction of sp³-hybridized carbons (Fsp3) is 0.480. The number of carbonyl (C=O) groups excluding carboxylic acids is 1. The van der Waals surface area contributed by atoms with Crippen LogP contribution >= 0.6 is 0 Å². The lowest BCUT2D eigenvalue weighted by molar-refractivity contribution is 0.00871. The zero-order valence-electron chi connectivity index (χ0n) is 20.8. The van der Waals surface area contributed by atoms with Gasteiger partial charge in [0, 0.05) is 17.7 Å². The number of ether oxygens (including phenoxy) is 6. The molecule has 5 rings (SSSR count). The van der Waals surface area contributed by atoms with Crippen molar-refractivity contribution >= 4 is 16.1 Å². The van der Waals surface area contributed by atoms with E-state index in [2.05, 4.69) is 4.90 Å². The minimum Gasteiger partial charge on any atom is -0.493 e. The Morgan fingerprint density at radius 3 is 2.68 bits per heavy atom. The van der Waals surface area contributed by atoms with Gasteiger partial charge in [0.25, 0.3) is 10.1 Å². The van der Waals surface area contributed by atoms with Gasteiger partial charge in [-0.1, -0.05) is 6.07 Å². The fourth-order valence-electron chi connectivity index (χ4n) is 5.21. The zero-order chi connectivity index (χ0) is 26.3. The zero-order valence-corrected chi connectivity index (χ0v) is 21.6. The van der Waals surface area contributed by atoms with Crippen molar-refractivity contribution in [1.82, 2.24) is 4.90 Å².